The molecular weight excluding hydrogens is 315 g/mol. The maximum Gasteiger partial charge on any atom is 0.365 e. The number of hydrogen-bond donors (Lipinski definition) is 2. The van der Waals surface area contributed by atoms with Gasteiger partial charge in [0.05, 0.1) is 11.3 Å². The second-order valence-corrected chi connectivity index (χ2v) is 5.16. The fourth-order valence-electron chi connectivity index (χ4n) is 2.44. The van der Waals surface area contributed by atoms with Gasteiger partial charge in [-0.1, -0.05) is 30.3 Å². The number of tetrazole rings is 1. The van der Waals surface area contributed by atoms with Crippen molar-refractivity contribution in [3.05, 3.63) is 75.5 Å². The van der Waals surface area contributed by atoms with Gasteiger partial charge in [-0.3, -0.25) is 4.79 Å². The molecule has 0 aliphatic carbocycles. The highest BCUT2D eigenvalue weighted by atomic mass is 19.1. The number of H-pyrrole nitrogens is 1. The summed E-state index contributed by atoms with van der Waals surface area (Å²) in [6.45, 7) is 1.40. The molecular formula is C16H13FN4O3. The lowest BCUT2D eigenvalue weighted by Gasteiger charge is -2.15. The van der Waals surface area contributed by atoms with Gasteiger partial charge in [-0.15, -0.1) is 0 Å². The van der Waals surface area contributed by atoms with Crippen LogP contribution in [0, 0.1) is 12.7 Å². The predicted molar refractivity (Wildman–Crippen MR) is 82.4 cm³/mol. The topological polar surface area (TPSA) is 101 Å². The van der Waals surface area contributed by atoms with Gasteiger partial charge < -0.3 is 5.11 Å². The number of ketones is 1. The van der Waals surface area contributed by atoms with Gasteiger partial charge in [-0.05, 0) is 40.6 Å². The largest absolute Gasteiger partial charge is 0.380 e. The molecule has 0 aliphatic rings. The second kappa shape index (κ2) is 6.17. The van der Waals surface area contributed by atoms with E-state index in [-0.39, 0.29) is 16.8 Å². The number of benzene rings is 2. The number of carbonyl (C=O) groups excluding carboxylic acids is 1. The minimum absolute atomic E-state index is 0.0161. The molecule has 0 radical (unpaired) electrons. The van der Waals surface area contributed by atoms with Crippen LogP contribution in [0.25, 0.3) is 5.69 Å². The van der Waals surface area contributed by atoms with Crippen molar-refractivity contribution in [1.82, 2.24) is 20.2 Å². The summed E-state index contributed by atoms with van der Waals surface area (Å²) in [5.41, 5.74) is -0.369. The number of halogens is 1. The fourth-order valence-corrected chi connectivity index (χ4v) is 2.44. The zero-order chi connectivity index (χ0) is 17.3. The van der Waals surface area contributed by atoms with Crippen LogP contribution in [-0.2, 0) is 0 Å². The minimum Gasteiger partial charge on any atom is -0.380 e. The monoisotopic (exact) mass is 328 g/mol. The molecule has 2 N–H and O–H groups in total. The molecule has 122 valence electrons. The number of rotatable bonds is 4. The van der Waals surface area contributed by atoms with E-state index < -0.39 is 23.4 Å². The number of Topliss-reactive ketones (excluding diaryl/α,β-unsaturated/α-hetero) is 1. The molecule has 0 saturated heterocycles. The Morgan fingerprint density at radius 3 is 2.58 bits per heavy atom. The average Bonchev–Trinajstić information content (AvgIpc) is 3.02. The highest BCUT2D eigenvalue weighted by Crippen LogP contribution is 2.26. The van der Waals surface area contributed by atoms with Crippen molar-refractivity contribution in [2.75, 3.05) is 0 Å². The molecule has 3 aromatic rings. The first-order valence-electron chi connectivity index (χ1n) is 7.07. The molecule has 1 heterocycles. The Balaban J connectivity index is 2.16. The zero-order valence-corrected chi connectivity index (χ0v) is 12.6. The van der Waals surface area contributed by atoms with E-state index in [2.05, 4.69) is 15.5 Å². The zero-order valence-electron chi connectivity index (χ0n) is 12.6. The summed E-state index contributed by atoms with van der Waals surface area (Å²) in [4.78, 5) is 24.5. The first-order valence-corrected chi connectivity index (χ1v) is 7.07. The Hall–Kier alpha value is -3.13. The maximum absolute atomic E-state index is 14.0. The molecule has 0 spiro atoms. The number of hydrogen-bond acceptors (Lipinski definition) is 5. The summed E-state index contributed by atoms with van der Waals surface area (Å²) in [5.74, 6) is -1.36. The second-order valence-electron chi connectivity index (χ2n) is 5.16. The molecule has 0 amide bonds. The van der Waals surface area contributed by atoms with Crippen molar-refractivity contribution in [3.63, 3.8) is 0 Å². The molecule has 0 bridgehead atoms. The average molecular weight is 328 g/mol. The van der Waals surface area contributed by atoms with Crippen LogP contribution in [0.3, 0.4) is 0 Å². The molecule has 24 heavy (non-hydrogen) atoms. The van der Waals surface area contributed by atoms with Gasteiger partial charge in [0.1, 0.15) is 11.9 Å². The van der Waals surface area contributed by atoms with Crippen molar-refractivity contribution in [2.45, 2.75) is 13.0 Å². The lowest BCUT2D eigenvalue weighted by Crippen LogP contribution is -2.22. The third kappa shape index (κ3) is 2.63. The molecule has 8 heteroatoms. The van der Waals surface area contributed by atoms with E-state index in [1.807, 2.05) is 0 Å². The lowest BCUT2D eigenvalue weighted by atomic mass is 9.95. The Bertz CT molecular complexity index is 949. The molecule has 1 aromatic heterocycles. The van der Waals surface area contributed by atoms with Crippen molar-refractivity contribution in [3.8, 4) is 5.69 Å². The van der Waals surface area contributed by atoms with Gasteiger partial charge in [0, 0.05) is 0 Å². The summed E-state index contributed by atoms with van der Waals surface area (Å²) < 4.78 is 14.8. The SMILES string of the molecule is Cc1c(F)ccc(-n2nn[nH]c2=O)c1C(=O)C(O)c1ccccc1. The summed E-state index contributed by atoms with van der Waals surface area (Å²) in [5, 5.41) is 19.4. The number of aromatic nitrogens is 4. The number of nitrogens with one attached hydrogen (secondary N) is 1. The quantitative estimate of drug-likeness (QED) is 0.704. The van der Waals surface area contributed by atoms with Gasteiger partial charge in [0.2, 0.25) is 0 Å². The predicted octanol–water partition coefficient (Wildman–Crippen LogP) is 1.32. The van der Waals surface area contributed by atoms with Crippen LogP contribution in [0.5, 0.6) is 0 Å². The molecule has 0 aliphatic heterocycles. The number of aromatic amines is 1. The van der Waals surface area contributed by atoms with Crippen LogP contribution in [-0.4, -0.2) is 31.1 Å². The Kier molecular flexibility index (Phi) is 4.05. The van der Waals surface area contributed by atoms with Crippen LogP contribution in [0.4, 0.5) is 4.39 Å². The van der Waals surface area contributed by atoms with Gasteiger partial charge >= 0.3 is 5.69 Å². The van der Waals surface area contributed by atoms with E-state index in [0.717, 1.165) is 10.7 Å². The van der Waals surface area contributed by atoms with Crippen LogP contribution in [0.1, 0.15) is 27.6 Å². The summed E-state index contributed by atoms with van der Waals surface area (Å²) in [7, 11) is 0. The molecule has 1 atom stereocenters. The standard InChI is InChI=1S/C16H13FN4O3/c1-9-11(17)7-8-12(21-16(24)18-19-20-21)13(9)15(23)14(22)10-5-3-2-4-6-10/h2-8,14,22H,1H3,(H,18,20,24). The maximum atomic E-state index is 14.0. The number of nitrogens with zero attached hydrogens (tertiary/aromatic N) is 3. The molecule has 0 fully saturated rings. The number of aliphatic hydroxyl groups is 1. The van der Waals surface area contributed by atoms with E-state index in [9.17, 15) is 19.1 Å². The smallest absolute Gasteiger partial charge is 0.365 e. The molecule has 0 saturated carbocycles. The number of aliphatic hydroxyl groups excluding tert-OH is 1. The molecule has 3 rings (SSSR count). The summed E-state index contributed by atoms with van der Waals surface area (Å²) in [6, 6.07) is 10.6. The third-order valence-corrected chi connectivity index (χ3v) is 3.69. The first kappa shape index (κ1) is 15.8. The Labute approximate surface area is 135 Å². The van der Waals surface area contributed by atoms with Crippen molar-refractivity contribution < 1.29 is 14.3 Å². The van der Waals surface area contributed by atoms with Gasteiger partial charge in [0.15, 0.2) is 5.78 Å². The van der Waals surface area contributed by atoms with Crippen molar-refractivity contribution in [2.24, 2.45) is 0 Å². The van der Waals surface area contributed by atoms with Gasteiger partial charge in [-0.2, -0.15) is 4.68 Å². The van der Waals surface area contributed by atoms with Crippen LogP contribution < -0.4 is 5.69 Å². The normalized spacial score (nSPS) is 12.1. The highest BCUT2D eigenvalue weighted by molar-refractivity contribution is 6.04. The van der Waals surface area contributed by atoms with E-state index in [4.69, 9.17) is 0 Å². The van der Waals surface area contributed by atoms with Crippen molar-refractivity contribution >= 4 is 5.78 Å². The molecule has 1 unspecified atom stereocenters. The van der Waals surface area contributed by atoms with Crippen LogP contribution in [0.2, 0.25) is 0 Å². The van der Waals surface area contributed by atoms with Crippen LogP contribution in [0.15, 0.2) is 47.3 Å². The molecule has 7 nitrogen and oxygen atoms in total. The van der Waals surface area contributed by atoms with E-state index >= 15 is 0 Å². The van der Waals surface area contributed by atoms with Crippen molar-refractivity contribution in [1.29, 1.82) is 0 Å². The first-order chi connectivity index (χ1) is 11.5. The Morgan fingerprint density at radius 2 is 1.96 bits per heavy atom. The summed E-state index contributed by atoms with van der Waals surface area (Å²) >= 11 is 0. The van der Waals surface area contributed by atoms with Crippen LogP contribution >= 0.6 is 0 Å². The fraction of sp³-hybridized carbons (Fsp3) is 0.125. The minimum atomic E-state index is -1.49. The summed E-state index contributed by atoms with van der Waals surface area (Å²) in [6.07, 6.45) is -1.49. The van der Waals surface area contributed by atoms with E-state index in [1.54, 1.807) is 30.3 Å². The van der Waals surface area contributed by atoms with E-state index in [0.29, 0.717) is 5.56 Å². The molecule has 2 aromatic carbocycles. The highest BCUT2D eigenvalue weighted by Gasteiger charge is 2.26. The third-order valence-electron chi connectivity index (χ3n) is 3.69. The Morgan fingerprint density at radius 1 is 1.25 bits per heavy atom. The number of carbonyl (C=O) groups is 1. The van der Waals surface area contributed by atoms with Gasteiger partial charge in [0.25, 0.3) is 0 Å². The van der Waals surface area contributed by atoms with E-state index in [1.165, 1.54) is 13.0 Å². The lowest BCUT2D eigenvalue weighted by molar-refractivity contribution is 0.0746. The van der Waals surface area contributed by atoms with Gasteiger partial charge in [-0.25, -0.2) is 14.3 Å².